The molecule has 5 nitrogen and oxygen atoms in total. The van der Waals surface area contributed by atoms with E-state index in [1.54, 1.807) is 24.3 Å². The highest BCUT2D eigenvalue weighted by atomic mass is 16.3. The molecule has 2 N–H and O–H groups in total. The number of carbonyl (C=O) groups is 1. The van der Waals surface area contributed by atoms with Gasteiger partial charge in [0.05, 0.1) is 18.7 Å². The molecule has 0 spiro atoms. The van der Waals surface area contributed by atoms with Crippen molar-refractivity contribution in [3.8, 4) is 6.07 Å². The van der Waals surface area contributed by atoms with Crippen molar-refractivity contribution in [2.75, 3.05) is 18.9 Å². The molecule has 1 aromatic heterocycles. The van der Waals surface area contributed by atoms with Crippen molar-refractivity contribution in [1.29, 1.82) is 5.26 Å². The molecule has 2 aromatic rings. The molecule has 0 aliphatic heterocycles. The molecule has 0 fully saturated rings. The zero-order chi connectivity index (χ0) is 15.2. The van der Waals surface area contributed by atoms with Crippen molar-refractivity contribution >= 4 is 11.6 Å². The Morgan fingerprint density at radius 2 is 2.00 bits per heavy atom. The summed E-state index contributed by atoms with van der Waals surface area (Å²) in [6.07, 6.45) is 0. The molecule has 0 bridgehead atoms. The number of quaternary nitrogens is 1. The Morgan fingerprint density at radius 1 is 1.29 bits per heavy atom. The van der Waals surface area contributed by atoms with Gasteiger partial charge in [0, 0.05) is 5.69 Å². The minimum Gasteiger partial charge on any atom is -0.460 e. The number of amides is 1. The van der Waals surface area contributed by atoms with E-state index in [1.807, 2.05) is 32.2 Å². The first kappa shape index (κ1) is 14.8. The molecule has 108 valence electrons. The molecule has 1 unspecified atom stereocenters. The van der Waals surface area contributed by atoms with Crippen molar-refractivity contribution in [2.45, 2.75) is 13.5 Å². The minimum absolute atomic E-state index is 0.0690. The number of carbonyl (C=O) groups excluding carboxylic acids is 1. The molecule has 1 aromatic carbocycles. The van der Waals surface area contributed by atoms with E-state index in [0.29, 0.717) is 24.3 Å². The predicted molar refractivity (Wildman–Crippen MR) is 78.7 cm³/mol. The minimum atomic E-state index is -0.0690. The van der Waals surface area contributed by atoms with Crippen LogP contribution in [0.2, 0.25) is 0 Å². The first-order valence-corrected chi connectivity index (χ1v) is 6.73. The first-order chi connectivity index (χ1) is 10.1. The molecular weight excluding hydrogens is 266 g/mol. The zero-order valence-corrected chi connectivity index (χ0v) is 12.1. The Morgan fingerprint density at radius 3 is 2.57 bits per heavy atom. The second-order valence-electron chi connectivity index (χ2n) is 5.06. The molecule has 0 saturated carbocycles. The smallest absolute Gasteiger partial charge is 0.279 e. The number of nitrogens with zero attached hydrogens (tertiary/aromatic N) is 1. The van der Waals surface area contributed by atoms with Gasteiger partial charge >= 0.3 is 0 Å². The van der Waals surface area contributed by atoms with Gasteiger partial charge in [-0.05, 0) is 43.3 Å². The van der Waals surface area contributed by atoms with E-state index in [9.17, 15) is 4.79 Å². The molecule has 0 aliphatic rings. The summed E-state index contributed by atoms with van der Waals surface area (Å²) in [6.45, 7) is 2.91. The van der Waals surface area contributed by atoms with E-state index in [0.717, 1.165) is 16.4 Å². The van der Waals surface area contributed by atoms with E-state index >= 15 is 0 Å². The average molecular weight is 284 g/mol. The fraction of sp³-hybridized carbons (Fsp3) is 0.250. The van der Waals surface area contributed by atoms with Gasteiger partial charge in [-0.15, -0.1) is 0 Å². The lowest BCUT2D eigenvalue weighted by Crippen LogP contribution is -3.08. The molecule has 1 atom stereocenters. The molecule has 0 saturated heterocycles. The molecule has 1 heterocycles. The van der Waals surface area contributed by atoms with Gasteiger partial charge < -0.3 is 14.6 Å². The van der Waals surface area contributed by atoms with Gasteiger partial charge in [-0.1, -0.05) is 0 Å². The molecule has 0 radical (unpaired) electrons. The Balaban J connectivity index is 1.84. The Bertz CT molecular complexity index is 653. The second-order valence-corrected chi connectivity index (χ2v) is 5.06. The summed E-state index contributed by atoms with van der Waals surface area (Å²) in [6, 6.07) is 12.7. The van der Waals surface area contributed by atoms with Crippen LogP contribution in [0.5, 0.6) is 0 Å². The summed E-state index contributed by atoms with van der Waals surface area (Å²) in [5.74, 6) is 1.68. The van der Waals surface area contributed by atoms with E-state index in [4.69, 9.17) is 9.68 Å². The summed E-state index contributed by atoms with van der Waals surface area (Å²) in [7, 11) is 1.94. The third-order valence-corrected chi connectivity index (χ3v) is 3.03. The van der Waals surface area contributed by atoms with Crippen LogP contribution in [-0.4, -0.2) is 19.5 Å². The normalized spacial score (nSPS) is 11.7. The van der Waals surface area contributed by atoms with Crippen molar-refractivity contribution in [1.82, 2.24) is 0 Å². The van der Waals surface area contributed by atoms with Crippen LogP contribution in [0, 0.1) is 18.3 Å². The highest BCUT2D eigenvalue weighted by molar-refractivity contribution is 5.91. The van der Waals surface area contributed by atoms with Crippen molar-refractivity contribution < 1.29 is 14.1 Å². The summed E-state index contributed by atoms with van der Waals surface area (Å²) in [5, 5.41) is 11.5. The van der Waals surface area contributed by atoms with Gasteiger partial charge in [0.2, 0.25) is 0 Å². The number of likely N-dealkylation sites (N-methyl/N-ethyl adjacent to an activating group) is 1. The Hall–Kier alpha value is -2.58. The highest BCUT2D eigenvalue weighted by Gasteiger charge is 2.12. The number of anilines is 1. The van der Waals surface area contributed by atoms with Crippen LogP contribution >= 0.6 is 0 Å². The van der Waals surface area contributed by atoms with Gasteiger partial charge in [0.25, 0.3) is 5.91 Å². The maximum atomic E-state index is 11.9. The third kappa shape index (κ3) is 4.48. The number of nitriles is 1. The van der Waals surface area contributed by atoms with Crippen molar-refractivity contribution in [2.24, 2.45) is 0 Å². The zero-order valence-electron chi connectivity index (χ0n) is 12.1. The lowest BCUT2D eigenvalue weighted by atomic mass is 10.2. The number of aryl methyl sites for hydroxylation is 1. The SMILES string of the molecule is Cc1ccc(C[NH+](C)CC(=O)Nc2ccc(C#N)cc2)o1. The lowest BCUT2D eigenvalue weighted by Gasteiger charge is -2.12. The number of hydrogen-bond donors (Lipinski definition) is 2. The van der Waals surface area contributed by atoms with Gasteiger partial charge in [0.15, 0.2) is 12.3 Å². The number of nitrogens with one attached hydrogen (secondary N) is 2. The van der Waals surface area contributed by atoms with E-state index < -0.39 is 0 Å². The molecule has 0 aliphatic carbocycles. The summed E-state index contributed by atoms with van der Waals surface area (Å²) >= 11 is 0. The topological polar surface area (TPSA) is 70.5 Å². The van der Waals surface area contributed by atoms with Gasteiger partial charge in [0.1, 0.15) is 12.3 Å². The lowest BCUT2D eigenvalue weighted by molar-refractivity contribution is -0.886. The quantitative estimate of drug-likeness (QED) is 0.864. The van der Waals surface area contributed by atoms with Gasteiger partial charge in [-0.25, -0.2) is 0 Å². The average Bonchev–Trinajstić information content (AvgIpc) is 2.84. The van der Waals surface area contributed by atoms with Crippen LogP contribution in [0.25, 0.3) is 0 Å². The monoisotopic (exact) mass is 284 g/mol. The van der Waals surface area contributed by atoms with Crippen LogP contribution in [-0.2, 0) is 11.3 Å². The van der Waals surface area contributed by atoms with Gasteiger partial charge in [-0.3, -0.25) is 4.79 Å². The fourth-order valence-corrected chi connectivity index (χ4v) is 2.05. The molecule has 21 heavy (non-hydrogen) atoms. The maximum Gasteiger partial charge on any atom is 0.279 e. The molecule has 2 rings (SSSR count). The molecular formula is C16H18N3O2+. The summed E-state index contributed by atoms with van der Waals surface area (Å²) in [5.41, 5.74) is 1.27. The standard InChI is InChI=1S/C16H17N3O2/c1-12-3-8-15(21-12)10-19(2)11-16(20)18-14-6-4-13(9-17)5-7-14/h3-8H,10-11H2,1-2H3,(H,18,20)/p+1. The largest absolute Gasteiger partial charge is 0.460 e. The maximum absolute atomic E-state index is 11.9. The van der Waals surface area contributed by atoms with Crippen molar-refractivity contribution in [3.05, 3.63) is 53.5 Å². The fourth-order valence-electron chi connectivity index (χ4n) is 2.05. The second kappa shape index (κ2) is 6.73. The van der Waals surface area contributed by atoms with Crippen LogP contribution < -0.4 is 10.2 Å². The third-order valence-electron chi connectivity index (χ3n) is 3.03. The van der Waals surface area contributed by atoms with Crippen molar-refractivity contribution in [3.63, 3.8) is 0 Å². The van der Waals surface area contributed by atoms with Gasteiger partial charge in [-0.2, -0.15) is 5.26 Å². The van der Waals surface area contributed by atoms with Crippen LogP contribution in [0.3, 0.4) is 0 Å². The van der Waals surface area contributed by atoms with E-state index in [-0.39, 0.29) is 5.91 Å². The van der Waals surface area contributed by atoms with Crippen LogP contribution in [0.1, 0.15) is 17.1 Å². The number of rotatable bonds is 5. The highest BCUT2D eigenvalue weighted by Crippen LogP contribution is 2.08. The molecule has 1 amide bonds. The first-order valence-electron chi connectivity index (χ1n) is 6.73. The number of furan rings is 1. The summed E-state index contributed by atoms with van der Waals surface area (Å²) < 4.78 is 5.50. The van der Waals surface area contributed by atoms with Crippen LogP contribution in [0.15, 0.2) is 40.8 Å². The Kier molecular flexibility index (Phi) is 4.75. The van der Waals surface area contributed by atoms with Crippen LogP contribution in [0.4, 0.5) is 5.69 Å². The number of hydrogen-bond acceptors (Lipinski definition) is 3. The number of benzene rings is 1. The van der Waals surface area contributed by atoms with E-state index in [2.05, 4.69) is 5.32 Å². The summed E-state index contributed by atoms with van der Waals surface area (Å²) in [4.78, 5) is 13.0. The van der Waals surface area contributed by atoms with E-state index in [1.165, 1.54) is 0 Å². The molecule has 5 heteroatoms. The predicted octanol–water partition coefficient (Wildman–Crippen LogP) is 1.11. The Labute approximate surface area is 123 Å².